The molecule has 0 spiro atoms. The van der Waals surface area contributed by atoms with Gasteiger partial charge in [-0.15, -0.1) is 5.10 Å². The van der Waals surface area contributed by atoms with Crippen molar-refractivity contribution in [1.29, 1.82) is 0 Å². The van der Waals surface area contributed by atoms with Crippen LogP contribution in [-0.4, -0.2) is 23.0 Å². The molecule has 0 amide bonds. The summed E-state index contributed by atoms with van der Waals surface area (Å²) >= 11 is 0.683. The van der Waals surface area contributed by atoms with Crippen molar-refractivity contribution in [1.82, 2.24) is 14.6 Å². The van der Waals surface area contributed by atoms with Gasteiger partial charge in [-0.1, -0.05) is 41.7 Å². The Morgan fingerprint density at radius 1 is 1.00 bits per heavy atom. The maximum absolute atomic E-state index is 14.2. The van der Waals surface area contributed by atoms with Gasteiger partial charge < -0.3 is 0 Å². The molecule has 29 heavy (non-hydrogen) atoms. The van der Waals surface area contributed by atoms with Crippen molar-refractivity contribution in [2.75, 3.05) is 0 Å². The van der Waals surface area contributed by atoms with Gasteiger partial charge in [-0.25, -0.2) is 35.5 Å². The van der Waals surface area contributed by atoms with Crippen molar-refractivity contribution in [3.8, 4) is 11.3 Å². The smallest absolute Gasteiger partial charge is 0.221 e. The molecule has 0 saturated carbocycles. The number of halogens is 4. The maximum atomic E-state index is 14.2. The van der Waals surface area contributed by atoms with Crippen LogP contribution in [0.25, 0.3) is 16.2 Å². The van der Waals surface area contributed by atoms with E-state index in [1.54, 1.807) is 30.3 Å². The van der Waals surface area contributed by atoms with Crippen LogP contribution in [0.2, 0.25) is 0 Å². The molecule has 2 aromatic carbocycles. The molecular formula is C18H11F4N3O2S2. The standard InChI is InChI=1S/C18H11F4N3O2S2/c1-9-13(19)15(21)12(16(22)14(9)20)11-7-25-17(23-11)28-18(24-25)29(26,27)8-10-5-3-2-4-6-10/h2-7H,8H2,1H3. The molecule has 0 bridgehead atoms. The molecule has 2 heterocycles. The third-order valence-electron chi connectivity index (χ3n) is 4.23. The molecule has 0 N–H and O–H groups in total. The highest BCUT2D eigenvalue weighted by Crippen LogP contribution is 2.33. The SMILES string of the molecule is Cc1c(F)c(F)c(-c2cn3nc(S(=O)(=O)Cc4ccccc4)sc3n2)c(F)c1F. The molecule has 0 aliphatic heterocycles. The molecule has 0 radical (unpaired) electrons. The Balaban J connectivity index is 1.75. The van der Waals surface area contributed by atoms with Gasteiger partial charge in [-0.2, -0.15) is 0 Å². The molecule has 0 atom stereocenters. The van der Waals surface area contributed by atoms with E-state index in [4.69, 9.17) is 0 Å². The Kier molecular flexibility index (Phi) is 4.66. The summed E-state index contributed by atoms with van der Waals surface area (Å²) in [7, 11) is -3.78. The Hall–Kier alpha value is -2.79. The number of benzene rings is 2. The van der Waals surface area contributed by atoms with Crippen LogP contribution in [0.5, 0.6) is 0 Å². The normalized spacial score (nSPS) is 12.0. The summed E-state index contributed by atoms with van der Waals surface area (Å²) in [6, 6.07) is 8.47. The van der Waals surface area contributed by atoms with Crippen LogP contribution in [0.15, 0.2) is 40.9 Å². The Labute approximate surface area is 166 Å². The van der Waals surface area contributed by atoms with Gasteiger partial charge in [-0.05, 0) is 12.5 Å². The van der Waals surface area contributed by atoms with Gasteiger partial charge in [0.25, 0.3) is 0 Å². The fourth-order valence-corrected chi connectivity index (χ4v) is 5.24. The lowest BCUT2D eigenvalue weighted by molar-refractivity contribution is 0.449. The van der Waals surface area contributed by atoms with E-state index >= 15 is 0 Å². The molecule has 0 aliphatic rings. The van der Waals surface area contributed by atoms with E-state index < -0.39 is 49.9 Å². The van der Waals surface area contributed by atoms with Crippen LogP contribution in [0.1, 0.15) is 11.1 Å². The maximum Gasteiger partial charge on any atom is 0.232 e. The average molecular weight is 441 g/mol. The average Bonchev–Trinajstić information content (AvgIpc) is 3.25. The minimum Gasteiger partial charge on any atom is -0.221 e. The number of rotatable bonds is 4. The number of aromatic nitrogens is 3. The van der Waals surface area contributed by atoms with Crippen molar-refractivity contribution in [3.63, 3.8) is 0 Å². The summed E-state index contributed by atoms with van der Waals surface area (Å²) in [5.41, 5.74) is -1.59. The molecule has 4 aromatic rings. The topological polar surface area (TPSA) is 64.3 Å². The van der Waals surface area contributed by atoms with Crippen molar-refractivity contribution in [3.05, 3.63) is 70.9 Å². The number of imidazole rings is 1. The number of fused-ring (bicyclic) bond motifs is 1. The predicted molar refractivity (Wildman–Crippen MR) is 98.2 cm³/mol. The molecule has 4 rings (SSSR count). The highest BCUT2D eigenvalue weighted by Gasteiger charge is 2.27. The lowest BCUT2D eigenvalue weighted by Gasteiger charge is -2.07. The van der Waals surface area contributed by atoms with Gasteiger partial charge in [-0.3, -0.25) is 0 Å². The van der Waals surface area contributed by atoms with Gasteiger partial charge >= 0.3 is 0 Å². The monoisotopic (exact) mass is 441 g/mol. The molecule has 0 aliphatic carbocycles. The highest BCUT2D eigenvalue weighted by atomic mass is 32.2. The van der Waals surface area contributed by atoms with Crippen LogP contribution < -0.4 is 0 Å². The molecule has 150 valence electrons. The van der Waals surface area contributed by atoms with Crippen molar-refractivity contribution in [2.24, 2.45) is 0 Å². The van der Waals surface area contributed by atoms with Crippen LogP contribution in [0.3, 0.4) is 0 Å². The van der Waals surface area contributed by atoms with E-state index in [0.717, 1.165) is 17.6 Å². The third-order valence-corrected chi connectivity index (χ3v) is 7.29. The Morgan fingerprint density at radius 3 is 2.21 bits per heavy atom. The lowest BCUT2D eigenvalue weighted by Crippen LogP contribution is -2.05. The quantitative estimate of drug-likeness (QED) is 0.350. The molecular weight excluding hydrogens is 430 g/mol. The molecule has 0 unspecified atom stereocenters. The second-order valence-corrected chi connectivity index (χ2v) is 9.34. The first-order chi connectivity index (χ1) is 13.7. The Morgan fingerprint density at radius 2 is 1.62 bits per heavy atom. The summed E-state index contributed by atoms with van der Waals surface area (Å²) in [5, 5.41) is 3.90. The predicted octanol–water partition coefficient (Wildman–Crippen LogP) is 4.30. The first kappa shape index (κ1) is 19.5. The molecule has 11 heteroatoms. The van der Waals surface area contributed by atoms with E-state index in [0.29, 0.717) is 16.9 Å². The third kappa shape index (κ3) is 3.29. The van der Waals surface area contributed by atoms with Crippen LogP contribution in [0, 0.1) is 30.2 Å². The van der Waals surface area contributed by atoms with Crippen LogP contribution >= 0.6 is 11.3 Å². The van der Waals surface area contributed by atoms with Gasteiger partial charge in [0.05, 0.1) is 23.2 Å². The summed E-state index contributed by atoms with van der Waals surface area (Å²) in [6.45, 7) is 0.914. The van der Waals surface area contributed by atoms with Gasteiger partial charge in [0, 0.05) is 5.56 Å². The van der Waals surface area contributed by atoms with E-state index in [9.17, 15) is 26.0 Å². The highest BCUT2D eigenvalue weighted by molar-refractivity contribution is 7.92. The van der Waals surface area contributed by atoms with Crippen LogP contribution in [-0.2, 0) is 15.6 Å². The first-order valence-electron chi connectivity index (χ1n) is 8.15. The molecule has 5 nitrogen and oxygen atoms in total. The number of nitrogens with zero attached hydrogens (tertiary/aromatic N) is 3. The zero-order valence-corrected chi connectivity index (χ0v) is 16.3. The molecule has 0 fully saturated rings. The molecule has 0 saturated heterocycles. The summed E-state index contributed by atoms with van der Waals surface area (Å²) in [5.74, 6) is -6.48. The van der Waals surface area contributed by atoms with E-state index in [-0.39, 0.29) is 15.1 Å². The zero-order chi connectivity index (χ0) is 20.9. The van der Waals surface area contributed by atoms with Gasteiger partial charge in [0.1, 0.15) is 0 Å². The van der Waals surface area contributed by atoms with Crippen LogP contribution in [0.4, 0.5) is 17.6 Å². The fraction of sp³-hybridized carbons (Fsp3) is 0.111. The minimum atomic E-state index is -3.78. The summed E-state index contributed by atoms with van der Waals surface area (Å²) in [6.07, 6.45) is 1.02. The second kappa shape index (κ2) is 6.92. The number of sulfone groups is 1. The molecule has 2 aromatic heterocycles. The zero-order valence-electron chi connectivity index (χ0n) is 14.7. The Bertz CT molecular complexity index is 1290. The number of hydrogen-bond donors (Lipinski definition) is 0. The summed E-state index contributed by atoms with van der Waals surface area (Å²) in [4.78, 5) is 3.91. The van der Waals surface area contributed by atoms with E-state index in [1.807, 2.05) is 0 Å². The second-order valence-electron chi connectivity index (χ2n) is 6.22. The minimum absolute atomic E-state index is 0.00632. The van der Waals surface area contributed by atoms with Gasteiger partial charge in [0.2, 0.25) is 19.1 Å². The van der Waals surface area contributed by atoms with Gasteiger partial charge in [0.15, 0.2) is 23.3 Å². The van der Waals surface area contributed by atoms with E-state index in [2.05, 4.69) is 10.1 Å². The van der Waals surface area contributed by atoms with Crippen molar-refractivity contribution < 1.29 is 26.0 Å². The number of hydrogen-bond acceptors (Lipinski definition) is 5. The van der Waals surface area contributed by atoms with Crippen molar-refractivity contribution in [2.45, 2.75) is 17.0 Å². The van der Waals surface area contributed by atoms with Crippen molar-refractivity contribution >= 4 is 26.1 Å². The fourth-order valence-electron chi connectivity index (χ4n) is 2.75. The lowest BCUT2D eigenvalue weighted by atomic mass is 10.1. The van der Waals surface area contributed by atoms with E-state index in [1.165, 1.54) is 0 Å². The largest absolute Gasteiger partial charge is 0.232 e. The summed E-state index contributed by atoms with van der Waals surface area (Å²) < 4.78 is 81.9. The first-order valence-corrected chi connectivity index (χ1v) is 10.6.